The van der Waals surface area contributed by atoms with Crippen LogP contribution >= 0.6 is 0 Å². The van der Waals surface area contributed by atoms with Crippen LogP contribution in [0.15, 0.2) is 0 Å². The van der Waals surface area contributed by atoms with Crippen LogP contribution in [0.5, 0.6) is 0 Å². The Kier molecular flexibility index (Phi) is 5.97. The SMILES string of the molecule is CCN(CC(N)C1CCCCC1)C1CCCCC1. The molecule has 2 N–H and O–H groups in total. The summed E-state index contributed by atoms with van der Waals surface area (Å²) in [6, 6.07) is 1.26. The summed E-state index contributed by atoms with van der Waals surface area (Å²) in [5.74, 6) is 0.802. The molecule has 2 fully saturated rings. The second-order valence-electron chi connectivity index (χ2n) is 6.44. The van der Waals surface area contributed by atoms with Gasteiger partial charge in [0.15, 0.2) is 0 Å². The van der Waals surface area contributed by atoms with Crippen LogP contribution in [0.3, 0.4) is 0 Å². The maximum absolute atomic E-state index is 6.49. The van der Waals surface area contributed by atoms with E-state index in [9.17, 15) is 0 Å². The summed E-state index contributed by atoms with van der Waals surface area (Å²) in [6.45, 7) is 4.64. The Hall–Kier alpha value is -0.0800. The zero-order valence-electron chi connectivity index (χ0n) is 12.2. The molecule has 2 rings (SSSR count). The molecule has 1 unspecified atom stereocenters. The highest BCUT2D eigenvalue weighted by molar-refractivity contribution is 4.83. The summed E-state index contributed by atoms with van der Waals surface area (Å²) in [7, 11) is 0. The maximum atomic E-state index is 6.49. The van der Waals surface area contributed by atoms with Gasteiger partial charge in [0, 0.05) is 18.6 Å². The Bertz CT molecular complexity index is 217. The van der Waals surface area contributed by atoms with Crippen LogP contribution in [-0.4, -0.2) is 30.1 Å². The minimum absolute atomic E-state index is 0.423. The number of nitrogens with zero attached hydrogens (tertiary/aromatic N) is 1. The summed E-state index contributed by atoms with van der Waals surface area (Å²) in [5.41, 5.74) is 6.49. The van der Waals surface area contributed by atoms with Crippen LogP contribution in [0.2, 0.25) is 0 Å². The molecule has 0 aromatic carbocycles. The van der Waals surface area contributed by atoms with Gasteiger partial charge in [0.2, 0.25) is 0 Å². The minimum atomic E-state index is 0.423. The first-order valence-corrected chi connectivity index (χ1v) is 8.31. The molecule has 2 heteroatoms. The van der Waals surface area contributed by atoms with E-state index < -0.39 is 0 Å². The lowest BCUT2D eigenvalue weighted by Gasteiger charge is -2.37. The molecule has 0 amide bonds. The highest BCUT2D eigenvalue weighted by Gasteiger charge is 2.26. The normalized spacial score (nSPS) is 25.5. The molecule has 0 spiro atoms. The minimum Gasteiger partial charge on any atom is -0.326 e. The van der Waals surface area contributed by atoms with Gasteiger partial charge in [0.1, 0.15) is 0 Å². The summed E-state index contributed by atoms with van der Waals surface area (Å²) >= 11 is 0. The Balaban J connectivity index is 1.80. The van der Waals surface area contributed by atoms with Crippen molar-refractivity contribution in [2.45, 2.75) is 83.2 Å². The van der Waals surface area contributed by atoms with Crippen molar-refractivity contribution in [3.63, 3.8) is 0 Å². The zero-order valence-corrected chi connectivity index (χ0v) is 12.2. The monoisotopic (exact) mass is 252 g/mol. The maximum Gasteiger partial charge on any atom is 0.0196 e. The van der Waals surface area contributed by atoms with E-state index in [0.29, 0.717) is 6.04 Å². The fraction of sp³-hybridized carbons (Fsp3) is 1.00. The van der Waals surface area contributed by atoms with Gasteiger partial charge in [-0.3, -0.25) is 4.90 Å². The first kappa shape index (κ1) is 14.3. The van der Waals surface area contributed by atoms with E-state index in [0.717, 1.165) is 18.5 Å². The summed E-state index contributed by atoms with van der Waals surface area (Å²) in [6.07, 6.45) is 14.1. The molecule has 0 heterocycles. The molecule has 106 valence electrons. The second kappa shape index (κ2) is 7.49. The van der Waals surface area contributed by atoms with Crippen LogP contribution in [0, 0.1) is 5.92 Å². The average molecular weight is 252 g/mol. The van der Waals surface area contributed by atoms with Gasteiger partial charge in [0.05, 0.1) is 0 Å². The number of hydrogen-bond acceptors (Lipinski definition) is 2. The molecule has 18 heavy (non-hydrogen) atoms. The van der Waals surface area contributed by atoms with E-state index in [4.69, 9.17) is 5.73 Å². The van der Waals surface area contributed by atoms with Gasteiger partial charge in [-0.1, -0.05) is 45.4 Å². The summed E-state index contributed by atoms with van der Waals surface area (Å²) < 4.78 is 0. The van der Waals surface area contributed by atoms with E-state index in [-0.39, 0.29) is 0 Å². The number of hydrogen-bond donors (Lipinski definition) is 1. The summed E-state index contributed by atoms with van der Waals surface area (Å²) in [4.78, 5) is 2.68. The van der Waals surface area contributed by atoms with E-state index in [1.165, 1.54) is 70.8 Å². The van der Waals surface area contributed by atoms with Gasteiger partial charge < -0.3 is 5.73 Å². The third-order valence-electron chi connectivity index (χ3n) is 5.20. The van der Waals surface area contributed by atoms with Crippen LogP contribution in [-0.2, 0) is 0 Å². The highest BCUT2D eigenvalue weighted by Crippen LogP contribution is 2.28. The fourth-order valence-corrected chi connectivity index (χ4v) is 3.96. The quantitative estimate of drug-likeness (QED) is 0.811. The number of nitrogens with two attached hydrogens (primary N) is 1. The van der Waals surface area contributed by atoms with Gasteiger partial charge in [-0.05, 0) is 38.1 Å². The molecule has 0 aromatic rings. The number of rotatable bonds is 5. The smallest absolute Gasteiger partial charge is 0.0196 e. The average Bonchev–Trinajstić information content (AvgIpc) is 2.46. The first-order chi connectivity index (χ1) is 8.81. The van der Waals surface area contributed by atoms with E-state index >= 15 is 0 Å². The molecule has 0 bridgehead atoms. The predicted molar refractivity (Wildman–Crippen MR) is 78.7 cm³/mol. The van der Waals surface area contributed by atoms with Crippen molar-refractivity contribution >= 4 is 0 Å². The third kappa shape index (κ3) is 3.96. The van der Waals surface area contributed by atoms with Crippen molar-refractivity contribution in [2.75, 3.05) is 13.1 Å². The van der Waals surface area contributed by atoms with Crippen molar-refractivity contribution in [3.05, 3.63) is 0 Å². The van der Waals surface area contributed by atoms with Crippen LogP contribution in [0.4, 0.5) is 0 Å². The molecule has 2 aliphatic rings. The van der Waals surface area contributed by atoms with E-state index in [1.807, 2.05) is 0 Å². The molecule has 2 nitrogen and oxygen atoms in total. The Labute approximate surface area is 113 Å². The van der Waals surface area contributed by atoms with Gasteiger partial charge in [-0.25, -0.2) is 0 Å². The van der Waals surface area contributed by atoms with Crippen molar-refractivity contribution in [2.24, 2.45) is 11.7 Å². The van der Waals surface area contributed by atoms with Crippen LogP contribution in [0.25, 0.3) is 0 Å². The van der Waals surface area contributed by atoms with Crippen molar-refractivity contribution in [1.82, 2.24) is 4.90 Å². The Morgan fingerprint density at radius 1 is 0.944 bits per heavy atom. The molecular formula is C16H32N2. The van der Waals surface area contributed by atoms with E-state index in [1.54, 1.807) is 0 Å². The largest absolute Gasteiger partial charge is 0.326 e. The van der Waals surface area contributed by atoms with Crippen molar-refractivity contribution in [3.8, 4) is 0 Å². The van der Waals surface area contributed by atoms with Crippen LogP contribution < -0.4 is 5.73 Å². The molecule has 2 saturated carbocycles. The molecule has 0 aromatic heterocycles. The Morgan fingerprint density at radius 3 is 2.06 bits per heavy atom. The Morgan fingerprint density at radius 2 is 1.50 bits per heavy atom. The van der Waals surface area contributed by atoms with Crippen LogP contribution in [0.1, 0.15) is 71.1 Å². The molecular weight excluding hydrogens is 220 g/mol. The molecule has 2 aliphatic carbocycles. The standard InChI is InChI=1S/C16H32N2/c1-2-18(15-11-7-4-8-12-15)13-16(17)14-9-5-3-6-10-14/h14-16H,2-13,17H2,1H3. The fourth-order valence-electron chi connectivity index (χ4n) is 3.96. The van der Waals surface area contributed by atoms with Crippen molar-refractivity contribution < 1.29 is 0 Å². The lowest BCUT2D eigenvalue weighted by Crippen LogP contribution is -2.47. The first-order valence-electron chi connectivity index (χ1n) is 8.31. The lowest BCUT2D eigenvalue weighted by atomic mass is 9.83. The number of likely N-dealkylation sites (N-methyl/N-ethyl adjacent to an activating group) is 1. The predicted octanol–water partition coefficient (Wildman–Crippen LogP) is 3.55. The lowest BCUT2D eigenvalue weighted by molar-refractivity contribution is 0.135. The molecule has 1 atom stereocenters. The molecule has 0 aliphatic heterocycles. The topological polar surface area (TPSA) is 29.3 Å². The molecule has 0 saturated heterocycles. The van der Waals surface area contributed by atoms with Gasteiger partial charge in [-0.15, -0.1) is 0 Å². The highest BCUT2D eigenvalue weighted by atomic mass is 15.2. The van der Waals surface area contributed by atoms with Gasteiger partial charge in [0.25, 0.3) is 0 Å². The van der Waals surface area contributed by atoms with Crippen molar-refractivity contribution in [1.29, 1.82) is 0 Å². The molecule has 0 radical (unpaired) electrons. The zero-order chi connectivity index (χ0) is 12.8. The third-order valence-corrected chi connectivity index (χ3v) is 5.20. The van der Waals surface area contributed by atoms with Gasteiger partial charge >= 0.3 is 0 Å². The van der Waals surface area contributed by atoms with Gasteiger partial charge in [-0.2, -0.15) is 0 Å². The summed E-state index contributed by atoms with van der Waals surface area (Å²) in [5, 5.41) is 0. The van der Waals surface area contributed by atoms with E-state index in [2.05, 4.69) is 11.8 Å². The second-order valence-corrected chi connectivity index (χ2v) is 6.44.